The zero-order chi connectivity index (χ0) is 20.9. The molecule has 152 valence electrons. The highest BCUT2D eigenvalue weighted by molar-refractivity contribution is 6.37. The predicted molar refractivity (Wildman–Crippen MR) is 126 cm³/mol. The van der Waals surface area contributed by atoms with Crippen molar-refractivity contribution >= 4 is 46.4 Å². The van der Waals surface area contributed by atoms with E-state index in [9.17, 15) is 0 Å². The summed E-state index contributed by atoms with van der Waals surface area (Å²) in [7, 11) is 0. The average molecular weight is 437 g/mol. The number of imidazole rings is 1. The highest BCUT2D eigenvalue weighted by Crippen LogP contribution is 2.27. The lowest BCUT2D eigenvalue weighted by Gasteiger charge is -2.10. The monoisotopic (exact) mass is 436 g/mol. The van der Waals surface area contributed by atoms with Crippen LogP contribution >= 0.6 is 23.2 Å². The molecule has 0 N–H and O–H groups in total. The fraction of sp³-hybridized carbons (Fsp3) is 0.160. The summed E-state index contributed by atoms with van der Waals surface area (Å²) >= 11 is 12.6. The highest BCUT2D eigenvalue weighted by atomic mass is 35.5. The third-order valence-electron chi connectivity index (χ3n) is 4.96. The predicted octanol–water partition coefficient (Wildman–Crippen LogP) is 7.29. The molecule has 0 spiro atoms. The Labute approximate surface area is 186 Å². The van der Waals surface area contributed by atoms with Gasteiger partial charge >= 0.3 is 0 Å². The van der Waals surface area contributed by atoms with Crippen LogP contribution in [0.1, 0.15) is 23.4 Å². The normalized spacial score (nSPS) is 11.4. The number of hydrogen-bond donors (Lipinski definition) is 0. The summed E-state index contributed by atoms with van der Waals surface area (Å²) in [6.07, 6.45) is 4.75. The summed E-state index contributed by atoms with van der Waals surface area (Å²) in [6, 6.07) is 21.7. The van der Waals surface area contributed by atoms with Gasteiger partial charge in [-0.2, -0.15) is 0 Å². The summed E-state index contributed by atoms with van der Waals surface area (Å²) in [5.74, 6) is 1.80. The molecule has 0 radical (unpaired) electrons. The van der Waals surface area contributed by atoms with Crippen LogP contribution in [0.4, 0.5) is 0 Å². The van der Waals surface area contributed by atoms with E-state index in [1.807, 2.05) is 66.7 Å². The second-order valence-corrected chi connectivity index (χ2v) is 7.86. The van der Waals surface area contributed by atoms with Crippen LogP contribution in [0.2, 0.25) is 10.0 Å². The van der Waals surface area contributed by atoms with Gasteiger partial charge < -0.3 is 9.30 Å². The van der Waals surface area contributed by atoms with Crippen LogP contribution in [0.25, 0.3) is 23.2 Å². The van der Waals surface area contributed by atoms with Gasteiger partial charge in [0.1, 0.15) is 11.6 Å². The van der Waals surface area contributed by atoms with Gasteiger partial charge in [0.25, 0.3) is 0 Å². The van der Waals surface area contributed by atoms with Crippen LogP contribution in [0.5, 0.6) is 5.75 Å². The quantitative estimate of drug-likeness (QED) is 0.284. The number of aryl methyl sites for hydroxylation is 2. The Bertz CT molecular complexity index is 1180. The van der Waals surface area contributed by atoms with Crippen molar-refractivity contribution in [3.05, 3.63) is 93.7 Å². The Morgan fingerprint density at radius 2 is 1.63 bits per heavy atom. The standard InChI is InChI=1S/C25H22Cl2N2O/c1-18-8-2-5-13-24(18)30-17-7-16-29-23-12-4-3-11-22(23)28-25(29)15-14-19-20(26)9-6-10-21(19)27/h2-6,8-15H,7,16-17H2,1H3/b15-14+. The number of nitrogens with zero attached hydrogens (tertiary/aromatic N) is 2. The maximum Gasteiger partial charge on any atom is 0.133 e. The van der Waals surface area contributed by atoms with Crippen molar-refractivity contribution in [2.75, 3.05) is 6.61 Å². The lowest BCUT2D eigenvalue weighted by Crippen LogP contribution is -2.06. The number of para-hydroxylation sites is 3. The van der Waals surface area contributed by atoms with Crippen LogP contribution in [-0.2, 0) is 6.54 Å². The van der Waals surface area contributed by atoms with Crippen LogP contribution < -0.4 is 4.74 Å². The van der Waals surface area contributed by atoms with Gasteiger partial charge in [-0.15, -0.1) is 0 Å². The Hall–Kier alpha value is -2.75. The molecule has 0 amide bonds. The topological polar surface area (TPSA) is 27.1 Å². The van der Waals surface area contributed by atoms with Crippen LogP contribution in [-0.4, -0.2) is 16.2 Å². The Balaban J connectivity index is 1.55. The molecule has 0 saturated heterocycles. The van der Waals surface area contributed by atoms with Crippen molar-refractivity contribution in [3.8, 4) is 5.75 Å². The van der Waals surface area contributed by atoms with Crippen LogP contribution in [0, 0.1) is 6.92 Å². The van der Waals surface area contributed by atoms with E-state index in [1.165, 1.54) is 0 Å². The molecule has 30 heavy (non-hydrogen) atoms. The largest absolute Gasteiger partial charge is 0.493 e. The molecule has 4 rings (SSSR count). The molecular formula is C25H22Cl2N2O. The lowest BCUT2D eigenvalue weighted by molar-refractivity contribution is 0.300. The Morgan fingerprint density at radius 1 is 0.900 bits per heavy atom. The van der Waals surface area contributed by atoms with E-state index in [0.29, 0.717) is 16.7 Å². The van der Waals surface area contributed by atoms with Gasteiger partial charge in [-0.25, -0.2) is 4.98 Å². The molecule has 1 aromatic heterocycles. The second-order valence-electron chi connectivity index (χ2n) is 7.05. The third kappa shape index (κ3) is 4.53. The molecule has 0 fully saturated rings. The van der Waals surface area contributed by atoms with E-state index in [-0.39, 0.29) is 0 Å². The van der Waals surface area contributed by atoms with Gasteiger partial charge in [0.2, 0.25) is 0 Å². The number of rotatable bonds is 7. The Morgan fingerprint density at radius 3 is 2.43 bits per heavy atom. The maximum absolute atomic E-state index is 6.31. The van der Waals surface area contributed by atoms with E-state index in [2.05, 4.69) is 23.6 Å². The van der Waals surface area contributed by atoms with E-state index < -0.39 is 0 Å². The Kier molecular flexibility index (Phi) is 6.41. The zero-order valence-corrected chi connectivity index (χ0v) is 18.2. The molecule has 1 heterocycles. The van der Waals surface area contributed by atoms with Crippen LogP contribution in [0.3, 0.4) is 0 Å². The van der Waals surface area contributed by atoms with E-state index in [1.54, 1.807) is 0 Å². The highest BCUT2D eigenvalue weighted by Gasteiger charge is 2.09. The molecule has 0 unspecified atom stereocenters. The first kappa shape index (κ1) is 20.5. The van der Waals surface area contributed by atoms with Gasteiger partial charge in [0, 0.05) is 22.2 Å². The summed E-state index contributed by atoms with van der Waals surface area (Å²) in [6.45, 7) is 3.49. The average Bonchev–Trinajstić information content (AvgIpc) is 3.09. The molecule has 3 aromatic carbocycles. The molecular weight excluding hydrogens is 415 g/mol. The molecule has 0 aliphatic carbocycles. The number of hydrogen-bond acceptors (Lipinski definition) is 2. The van der Waals surface area contributed by atoms with E-state index in [4.69, 9.17) is 32.9 Å². The molecule has 0 bridgehead atoms. The molecule has 3 nitrogen and oxygen atoms in total. The van der Waals surface area contributed by atoms with Gasteiger partial charge in [-0.05, 0) is 61.4 Å². The van der Waals surface area contributed by atoms with Crippen LogP contribution in [0.15, 0.2) is 66.7 Å². The van der Waals surface area contributed by atoms with Crippen molar-refractivity contribution in [2.24, 2.45) is 0 Å². The molecule has 0 atom stereocenters. The fourth-order valence-corrected chi connectivity index (χ4v) is 3.93. The first-order valence-electron chi connectivity index (χ1n) is 9.89. The second kappa shape index (κ2) is 9.38. The van der Waals surface area contributed by atoms with Crippen molar-refractivity contribution in [1.29, 1.82) is 0 Å². The van der Waals surface area contributed by atoms with Gasteiger partial charge in [-0.1, -0.05) is 59.6 Å². The molecule has 5 heteroatoms. The summed E-state index contributed by atoms with van der Waals surface area (Å²) in [5.41, 5.74) is 3.99. The third-order valence-corrected chi connectivity index (χ3v) is 5.62. The minimum Gasteiger partial charge on any atom is -0.493 e. The van der Waals surface area contributed by atoms with Crippen molar-refractivity contribution < 1.29 is 4.74 Å². The van der Waals surface area contributed by atoms with Crippen molar-refractivity contribution in [3.63, 3.8) is 0 Å². The van der Waals surface area contributed by atoms with Crippen molar-refractivity contribution in [1.82, 2.24) is 9.55 Å². The zero-order valence-electron chi connectivity index (χ0n) is 16.7. The summed E-state index contributed by atoms with van der Waals surface area (Å²) in [5, 5.41) is 1.24. The number of ether oxygens (including phenoxy) is 1. The van der Waals surface area contributed by atoms with E-state index >= 15 is 0 Å². The number of fused-ring (bicyclic) bond motifs is 1. The molecule has 0 aliphatic rings. The number of aromatic nitrogens is 2. The SMILES string of the molecule is Cc1ccccc1OCCCn1c(/C=C/c2c(Cl)cccc2Cl)nc2ccccc21. The summed E-state index contributed by atoms with van der Waals surface area (Å²) in [4.78, 5) is 4.79. The van der Waals surface area contributed by atoms with E-state index in [0.717, 1.165) is 46.7 Å². The maximum atomic E-state index is 6.31. The first-order valence-corrected chi connectivity index (χ1v) is 10.6. The van der Waals surface area contributed by atoms with Crippen molar-refractivity contribution in [2.45, 2.75) is 19.9 Å². The smallest absolute Gasteiger partial charge is 0.133 e. The van der Waals surface area contributed by atoms with Gasteiger partial charge in [-0.3, -0.25) is 0 Å². The molecule has 4 aromatic rings. The molecule has 0 saturated carbocycles. The minimum atomic E-state index is 0.619. The molecule has 0 aliphatic heterocycles. The minimum absolute atomic E-state index is 0.619. The first-order chi connectivity index (χ1) is 14.6. The fourth-order valence-electron chi connectivity index (χ4n) is 3.41. The lowest BCUT2D eigenvalue weighted by atomic mass is 10.2. The number of benzene rings is 3. The summed E-state index contributed by atoms with van der Waals surface area (Å²) < 4.78 is 8.17. The van der Waals surface area contributed by atoms with Gasteiger partial charge in [0.05, 0.1) is 17.6 Å². The van der Waals surface area contributed by atoms with Gasteiger partial charge in [0.15, 0.2) is 0 Å². The number of halogens is 2.